The highest BCUT2D eigenvalue weighted by Gasteiger charge is 2.07. The lowest BCUT2D eigenvalue weighted by Gasteiger charge is -2.03. The molecule has 0 fully saturated rings. The molecule has 0 aliphatic carbocycles. The van der Waals surface area contributed by atoms with E-state index >= 15 is 0 Å². The average molecular weight is 238 g/mol. The number of unbranched alkanes of at least 4 members (excludes halogenated alkanes) is 4. The molecular formula is C14H22O3. The number of esters is 1. The summed E-state index contributed by atoms with van der Waals surface area (Å²) in [6.07, 6.45) is 8.98. The molecule has 0 atom stereocenters. The molecule has 3 nitrogen and oxygen atoms in total. The Morgan fingerprint density at radius 3 is 2.76 bits per heavy atom. The zero-order chi connectivity index (χ0) is 12.5. The van der Waals surface area contributed by atoms with Gasteiger partial charge >= 0.3 is 5.97 Å². The summed E-state index contributed by atoms with van der Waals surface area (Å²) in [5.41, 5.74) is 1.17. The molecule has 0 spiro atoms. The van der Waals surface area contributed by atoms with Crippen molar-refractivity contribution < 1.29 is 13.9 Å². The SMILES string of the molecule is CCCCCCCc1ccoc1COC(C)=O. The quantitative estimate of drug-likeness (QED) is 0.510. The van der Waals surface area contributed by atoms with Gasteiger partial charge in [0.2, 0.25) is 0 Å². The number of carbonyl (C=O) groups excluding carboxylic acids is 1. The molecule has 0 saturated heterocycles. The van der Waals surface area contributed by atoms with Gasteiger partial charge in [-0.15, -0.1) is 0 Å². The summed E-state index contributed by atoms with van der Waals surface area (Å²) >= 11 is 0. The predicted octanol–water partition coefficient (Wildman–Crippen LogP) is 3.86. The van der Waals surface area contributed by atoms with Gasteiger partial charge in [0.25, 0.3) is 0 Å². The number of furan rings is 1. The Hall–Kier alpha value is -1.25. The van der Waals surface area contributed by atoms with Gasteiger partial charge < -0.3 is 9.15 Å². The fourth-order valence-corrected chi connectivity index (χ4v) is 1.80. The van der Waals surface area contributed by atoms with Crippen molar-refractivity contribution >= 4 is 5.97 Å². The average Bonchev–Trinajstić information content (AvgIpc) is 2.73. The summed E-state index contributed by atoms with van der Waals surface area (Å²) in [6.45, 7) is 3.88. The van der Waals surface area contributed by atoms with Gasteiger partial charge in [0.15, 0.2) is 0 Å². The molecule has 0 N–H and O–H groups in total. The number of rotatable bonds is 8. The normalized spacial score (nSPS) is 10.5. The predicted molar refractivity (Wildman–Crippen MR) is 66.6 cm³/mol. The minimum absolute atomic E-state index is 0.257. The van der Waals surface area contributed by atoms with Crippen LogP contribution in [0.1, 0.15) is 57.3 Å². The summed E-state index contributed by atoms with van der Waals surface area (Å²) in [5.74, 6) is 0.519. The summed E-state index contributed by atoms with van der Waals surface area (Å²) in [7, 11) is 0. The van der Waals surface area contributed by atoms with Crippen molar-refractivity contribution in [1.82, 2.24) is 0 Å². The van der Waals surface area contributed by atoms with E-state index in [1.54, 1.807) is 6.26 Å². The maximum absolute atomic E-state index is 10.7. The minimum Gasteiger partial charge on any atom is -0.465 e. The topological polar surface area (TPSA) is 39.4 Å². The molecule has 0 bridgehead atoms. The van der Waals surface area contributed by atoms with Gasteiger partial charge in [-0.25, -0.2) is 0 Å². The van der Waals surface area contributed by atoms with Crippen LogP contribution in [0.4, 0.5) is 0 Å². The third-order valence-corrected chi connectivity index (χ3v) is 2.79. The Morgan fingerprint density at radius 1 is 1.29 bits per heavy atom. The number of hydrogen-bond donors (Lipinski definition) is 0. The fourth-order valence-electron chi connectivity index (χ4n) is 1.80. The molecule has 96 valence electrons. The van der Waals surface area contributed by atoms with Crippen molar-refractivity contribution in [2.24, 2.45) is 0 Å². The van der Waals surface area contributed by atoms with E-state index in [1.165, 1.54) is 44.6 Å². The molecule has 1 aromatic heterocycles. The molecule has 0 radical (unpaired) electrons. The van der Waals surface area contributed by atoms with Crippen LogP contribution in [-0.4, -0.2) is 5.97 Å². The van der Waals surface area contributed by atoms with E-state index in [0.29, 0.717) is 0 Å². The number of ether oxygens (including phenoxy) is 1. The van der Waals surface area contributed by atoms with E-state index in [2.05, 4.69) is 6.92 Å². The van der Waals surface area contributed by atoms with Crippen LogP contribution in [0.3, 0.4) is 0 Å². The van der Waals surface area contributed by atoms with Crippen molar-refractivity contribution in [1.29, 1.82) is 0 Å². The van der Waals surface area contributed by atoms with E-state index in [-0.39, 0.29) is 12.6 Å². The van der Waals surface area contributed by atoms with Crippen LogP contribution < -0.4 is 0 Å². The Kier molecular flexibility index (Phi) is 6.45. The fraction of sp³-hybridized carbons (Fsp3) is 0.643. The van der Waals surface area contributed by atoms with Crippen LogP contribution in [-0.2, 0) is 22.6 Å². The van der Waals surface area contributed by atoms with Crippen molar-refractivity contribution in [3.05, 3.63) is 23.7 Å². The monoisotopic (exact) mass is 238 g/mol. The van der Waals surface area contributed by atoms with Gasteiger partial charge in [-0.3, -0.25) is 4.79 Å². The molecule has 0 unspecified atom stereocenters. The third-order valence-electron chi connectivity index (χ3n) is 2.79. The second-order valence-corrected chi connectivity index (χ2v) is 4.31. The minimum atomic E-state index is -0.268. The van der Waals surface area contributed by atoms with E-state index in [1.807, 2.05) is 6.07 Å². The first-order valence-electron chi connectivity index (χ1n) is 6.42. The van der Waals surface area contributed by atoms with Gasteiger partial charge in [0, 0.05) is 6.92 Å². The summed E-state index contributed by atoms with van der Waals surface area (Å²) in [5, 5.41) is 0. The van der Waals surface area contributed by atoms with Gasteiger partial charge in [0.05, 0.1) is 6.26 Å². The van der Waals surface area contributed by atoms with Gasteiger partial charge in [0.1, 0.15) is 12.4 Å². The Balaban J connectivity index is 2.27. The van der Waals surface area contributed by atoms with Crippen molar-refractivity contribution in [3.8, 4) is 0 Å². The first kappa shape index (κ1) is 13.8. The second kappa shape index (κ2) is 7.93. The smallest absolute Gasteiger partial charge is 0.303 e. The van der Waals surface area contributed by atoms with E-state index < -0.39 is 0 Å². The van der Waals surface area contributed by atoms with E-state index in [0.717, 1.165) is 12.2 Å². The Bertz CT molecular complexity index is 328. The van der Waals surface area contributed by atoms with Crippen LogP contribution in [0.2, 0.25) is 0 Å². The highest BCUT2D eigenvalue weighted by atomic mass is 16.5. The summed E-state index contributed by atoms with van der Waals surface area (Å²) in [6, 6.07) is 1.97. The number of carbonyl (C=O) groups is 1. The largest absolute Gasteiger partial charge is 0.465 e. The Labute approximate surface area is 103 Å². The molecule has 0 amide bonds. The number of aryl methyl sites for hydroxylation is 1. The molecule has 3 heteroatoms. The van der Waals surface area contributed by atoms with Crippen molar-refractivity contribution in [2.45, 2.75) is 59.0 Å². The van der Waals surface area contributed by atoms with Gasteiger partial charge in [-0.2, -0.15) is 0 Å². The maximum atomic E-state index is 10.7. The molecule has 17 heavy (non-hydrogen) atoms. The molecular weight excluding hydrogens is 216 g/mol. The van der Waals surface area contributed by atoms with Crippen LogP contribution in [0.5, 0.6) is 0 Å². The van der Waals surface area contributed by atoms with Gasteiger partial charge in [-0.1, -0.05) is 32.6 Å². The zero-order valence-electron chi connectivity index (χ0n) is 10.8. The van der Waals surface area contributed by atoms with E-state index in [9.17, 15) is 4.79 Å². The standard InChI is InChI=1S/C14H22O3/c1-3-4-5-6-7-8-13-9-10-16-14(13)11-17-12(2)15/h9-10H,3-8,11H2,1-2H3. The van der Waals surface area contributed by atoms with Crippen molar-refractivity contribution in [2.75, 3.05) is 0 Å². The van der Waals surface area contributed by atoms with Crippen LogP contribution in [0.25, 0.3) is 0 Å². The first-order chi connectivity index (χ1) is 8.24. The van der Waals surface area contributed by atoms with Gasteiger partial charge in [-0.05, 0) is 24.5 Å². The highest BCUT2D eigenvalue weighted by molar-refractivity contribution is 5.65. The maximum Gasteiger partial charge on any atom is 0.303 e. The van der Waals surface area contributed by atoms with Crippen molar-refractivity contribution in [3.63, 3.8) is 0 Å². The molecule has 0 aliphatic rings. The molecule has 0 aromatic carbocycles. The lowest BCUT2D eigenvalue weighted by atomic mass is 10.1. The van der Waals surface area contributed by atoms with Crippen LogP contribution in [0.15, 0.2) is 16.7 Å². The zero-order valence-corrected chi connectivity index (χ0v) is 10.8. The molecule has 1 aromatic rings. The summed E-state index contributed by atoms with van der Waals surface area (Å²) in [4.78, 5) is 10.7. The highest BCUT2D eigenvalue weighted by Crippen LogP contribution is 2.16. The molecule has 1 rings (SSSR count). The second-order valence-electron chi connectivity index (χ2n) is 4.31. The lowest BCUT2D eigenvalue weighted by molar-refractivity contribution is -0.142. The first-order valence-corrected chi connectivity index (χ1v) is 6.42. The third kappa shape index (κ3) is 5.57. The molecule has 0 saturated carbocycles. The Morgan fingerprint density at radius 2 is 2.06 bits per heavy atom. The summed E-state index contributed by atoms with van der Waals surface area (Å²) < 4.78 is 10.3. The van der Waals surface area contributed by atoms with Crippen LogP contribution >= 0.6 is 0 Å². The van der Waals surface area contributed by atoms with E-state index in [4.69, 9.17) is 9.15 Å². The lowest BCUT2D eigenvalue weighted by Crippen LogP contribution is -2.00. The van der Waals surface area contributed by atoms with Crippen LogP contribution in [0, 0.1) is 0 Å². The molecule has 1 heterocycles. The number of hydrogen-bond acceptors (Lipinski definition) is 3. The molecule has 0 aliphatic heterocycles.